The van der Waals surface area contributed by atoms with Crippen molar-refractivity contribution in [3.8, 4) is 0 Å². The average Bonchev–Trinajstić information content (AvgIpc) is 2.64. The third-order valence-electron chi connectivity index (χ3n) is 3.74. The van der Waals surface area contributed by atoms with E-state index in [4.69, 9.17) is 0 Å². The van der Waals surface area contributed by atoms with Crippen molar-refractivity contribution >= 4 is 0 Å². The highest BCUT2D eigenvalue weighted by Gasteiger charge is 2.23. The largest absolute Gasteiger partial charge is 0.393 e. The Labute approximate surface area is 111 Å². The van der Waals surface area contributed by atoms with E-state index in [1.807, 2.05) is 16.9 Å². The molecule has 0 bridgehead atoms. The fourth-order valence-corrected chi connectivity index (χ4v) is 1.86. The highest BCUT2D eigenvalue weighted by atomic mass is 16.3. The van der Waals surface area contributed by atoms with Crippen LogP contribution in [0, 0.1) is 11.3 Å². The number of aliphatic hydroxyl groups is 1. The van der Waals surface area contributed by atoms with Crippen molar-refractivity contribution in [3.05, 3.63) is 18.0 Å². The molecule has 0 aliphatic heterocycles. The van der Waals surface area contributed by atoms with Gasteiger partial charge in [0.1, 0.15) is 0 Å². The van der Waals surface area contributed by atoms with Gasteiger partial charge in [-0.25, -0.2) is 0 Å². The number of hydrogen-bond donors (Lipinski definition) is 1. The van der Waals surface area contributed by atoms with Gasteiger partial charge in [0, 0.05) is 18.7 Å². The van der Waals surface area contributed by atoms with Gasteiger partial charge in [-0.1, -0.05) is 27.7 Å². The number of aliphatic hydroxyl groups excluding tert-OH is 1. The predicted molar refractivity (Wildman–Crippen MR) is 75.6 cm³/mol. The highest BCUT2D eigenvalue weighted by Crippen LogP contribution is 2.29. The highest BCUT2D eigenvalue weighted by molar-refractivity contribution is 5.01. The standard InChI is InChI=1S/C15H28N2O/c1-11(2)17-8-7-13(16-17)10-14(18)9-12(3)15(4,5)6/h7-8,11-12,14,18H,9-10H2,1-6H3. The van der Waals surface area contributed by atoms with Crippen molar-refractivity contribution in [2.45, 2.75) is 66.5 Å². The number of aromatic nitrogens is 2. The zero-order valence-electron chi connectivity index (χ0n) is 12.6. The van der Waals surface area contributed by atoms with Gasteiger partial charge in [-0.3, -0.25) is 4.68 Å². The molecule has 18 heavy (non-hydrogen) atoms. The molecular formula is C15H28N2O. The van der Waals surface area contributed by atoms with Crippen LogP contribution in [0.2, 0.25) is 0 Å². The minimum Gasteiger partial charge on any atom is -0.393 e. The summed E-state index contributed by atoms with van der Waals surface area (Å²) in [5.41, 5.74) is 1.23. The lowest BCUT2D eigenvalue weighted by Crippen LogP contribution is -2.24. The minimum atomic E-state index is -0.297. The fourth-order valence-electron chi connectivity index (χ4n) is 1.86. The monoisotopic (exact) mass is 252 g/mol. The lowest BCUT2D eigenvalue weighted by Gasteiger charge is -2.28. The molecular weight excluding hydrogens is 224 g/mol. The Hall–Kier alpha value is -0.830. The van der Waals surface area contributed by atoms with E-state index in [0.717, 1.165) is 12.1 Å². The van der Waals surface area contributed by atoms with Crippen molar-refractivity contribution < 1.29 is 5.11 Å². The number of hydrogen-bond acceptors (Lipinski definition) is 2. The predicted octanol–water partition coefficient (Wildman–Crippen LogP) is 3.44. The van der Waals surface area contributed by atoms with Crippen molar-refractivity contribution in [3.63, 3.8) is 0 Å². The Balaban J connectivity index is 2.51. The Morgan fingerprint density at radius 2 is 1.89 bits per heavy atom. The molecule has 1 aromatic rings. The Bertz CT molecular complexity index is 363. The Morgan fingerprint density at radius 3 is 2.33 bits per heavy atom. The van der Waals surface area contributed by atoms with Gasteiger partial charge in [0.2, 0.25) is 0 Å². The molecule has 1 aromatic heterocycles. The molecule has 104 valence electrons. The van der Waals surface area contributed by atoms with E-state index in [1.165, 1.54) is 0 Å². The molecule has 0 spiro atoms. The van der Waals surface area contributed by atoms with E-state index in [1.54, 1.807) is 0 Å². The third kappa shape index (κ3) is 4.45. The number of rotatable bonds is 5. The molecule has 2 unspecified atom stereocenters. The summed E-state index contributed by atoms with van der Waals surface area (Å²) in [7, 11) is 0. The first-order valence-electron chi connectivity index (χ1n) is 6.92. The summed E-state index contributed by atoms with van der Waals surface area (Å²) in [6, 6.07) is 2.38. The third-order valence-corrected chi connectivity index (χ3v) is 3.74. The van der Waals surface area contributed by atoms with Gasteiger partial charge in [-0.05, 0) is 37.7 Å². The SMILES string of the molecule is CC(C)n1ccc(CC(O)CC(C)C(C)(C)C)n1. The van der Waals surface area contributed by atoms with E-state index in [9.17, 15) is 5.11 Å². The van der Waals surface area contributed by atoms with E-state index in [2.05, 4.69) is 46.6 Å². The minimum absolute atomic E-state index is 0.248. The van der Waals surface area contributed by atoms with E-state index in [-0.39, 0.29) is 11.5 Å². The summed E-state index contributed by atoms with van der Waals surface area (Å²) in [5.74, 6) is 0.500. The van der Waals surface area contributed by atoms with Gasteiger partial charge in [-0.2, -0.15) is 5.10 Å². The molecule has 0 saturated carbocycles. The van der Waals surface area contributed by atoms with Crippen LogP contribution in [0.1, 0.15) is 59.7 Å². The van der Waals surface area contributed by atoms with Gasteiger partial charge in [0.25, 0.3) is 0 Å². The first-order chi connectivity index (χ1) is 8.20. The second-order valence-corrected chi connectivity index (χ2v) is 6.74. The summed E-state index contributed by atoms with van der Waals surface area (Å²) in [6.45, 7) is 13.1. The molecule has 3 heteroatoms. The summed E-state index contributed by atoms with van der Waals surface area (Å²) in [6.07, 6.45) is 3.17. The fraction of sp³-hybridized carbons (Fsp3) is 0.800. The molecule has 2 atom stereocenters. The van der Waals surface area contributed by atoms with Crippen LogP contribution < -0.4 is 0 Å². The molecule has 1 rings (SSSR count). The van der Waals surface area contributed by atoms with Gasteiger partial charge >= 0.3 is 0 Å². The molecule has 0 radical (unpaired) electrons. The molecule has 0 fully saturated rings. The van der Waals surface area contributed by atoms with E-state index < -0.39 is 0 Å². The second kappa shape index (κ2) is 5.87. The average molecular weight is 252 g/mol. The van der Waals surface area contributed by atoms with Gasteiger partial charge in [0.05, 0.1) is 11.8 Å². The molecule has 0 aromatic carbocycles. The molecule has 0 aliphatic carbocycles. The van der Waals surface area contributed by atoms with E-state index in [0.29, 0.717) is 18.4 Å². The number of nitrogens with zero attached hydrogens (tertiary/aromatic N) is 2. The van der Waals surface area contributed by atoms with Gasteiger partial charge < -0.3 is 5.11 Å². The van der Waals surface area contributed by atoms with E-state index >= 15 is 0 Å². The van der Waals surface area contributed by atoms with Crippen LogP contribution in [-0.4, -0.2) is 21.0 Å². The summed E-state index contributed by atoms with van der Waals surface area (Å²) < 4.78 is 1.94. The molecule has 1 N–H and O–H groups in total. The molecule has 1 heterocycles. The topological polar surface area (TPSA) is 38.0 Å². The van der Waals surface area contributed by atoms with Crippen molar-refractivity contribution in [1.29, 1.82) is 0 Å². The smallest absolute Gasteiger partial charge is 0.0650 e. The van der Waals surface area contributed by atoms with Crippen molar-refractivity contribution in [1.82, 2.24) is 9.78 Å². The van der Waals surface area contributed by atoms with Gasteiger partial charge in [0.15, 0.2) is 0 Å². The maximum absolute atomic E-state index is 10.1. The summed E-state index contributed by atoms with van der Waals surface area (Å²) in [4.78, 5) is 0. The molecule has 0 aliphatic rings. The Kier molecular flexibility index (Phi) is 4.97. The second-order valence-electron chi connectivity index (χ2n) is 6.74. The van der Waals surface area contributed by atoms with Crippen LogP contribution in [-0.2, 0) is 6.42 Å². The van der Waals surface area contributed by atoms with Crippen molar-refractivity contribution in [2.75, 3.05) is 0 Å². The lowest BCUT2D eigenvalue weighted by atomic mass is 9.78. The van der Waals surface area contributed by atoms with Crippen LogP contribution in [0.15, 0.2) is 12.3 Å². The van der Waals surface area contributed by atoms with Crippen LogP contribution in [0.3, 0.4) is 0 Å². The lowest BCUT2D eigenvalue weighted by molar-refractivity contribution is 0.109. The van der Waals surface area contributed by atoms with Crippen LogP contribution >= 0.6 is 0 Å². The molecule has 0 amide bonds. The summed E-state index contributed by atoms with van der Waals surface area (Å²) >= 11 is 0. The normalized spacial score (nSPS) is 16.0. The maximum atomic E-state index is 10.1. The Morgan fingerprint density at radius 1 is 1.28 bits per heavy atom. The zero-order valence-corrected chi connectivity index (χ0v) is 12.6. The maximum Gasteiger partial charge on any atom is 0.0650 e. The zero-order chi connectivity index (χ0) is 13.9. The van der Waals surface area contributed by atoms with Crippen LogP contribution in [0.4, 0.5) is 0 Å². The van der Waals surface area contributed by atoms with Gasteiger partial charge in [-0.15, -0.1) is 0 Å². The molecule has 0 saturated heterocycles. The molecule has 3 nitrogen and oxygen atoms in total. The van der Waals surface area contributed by atoms with Crippen LogP contribution in [0.5, 0.6) is 0 Å². The first-order valence-corrected chi connectivity index (χ1v) is 6.92. The first kappa shape index (κ1) is 15.2. The van der Waals surface area contributed by atoms with Crippen LogP contribution in [0.25, 0.3) is 0 Å². The quantitative estimate of drug-likeness (QED) is 0.871. The van der Waals surface area contributed by atoms with Crippen molar-refractivity contribution in [2.24, 2.45) is 11.3 Å². The summed E-state index contributed by atoms with van der Waals surface area (Å²) in [5, 5.41) is 14.6.